The summed E-state index contributed by atoms with van der Waals surface area (Å²) in [5, 5.41) is 0. The highest BCUT2D eigenvalue weighted by Gasteiger charge is 2.24. The fourth-order valence-corrected chi connectivity index (χ4v) is 1.32. The Balaban J connectivity index is 2.59. The number of rotatable bonds is 1. The van der Waals surface area contributed by atoms with E-state index < -0.39 is 5.50 Å². The minimum atomic E-state index is -0.466. The van der Waals surface area contributed by atoms with Crippen molar-refractivity contribution in [2.75, 3.05) is 6.54 Å². The highest BCUT2D eigenvalue weighted by atomic mass is 35.5. The first-order chi connectivity index (χ1) is 4.75. The summed E-state index contributed by atoms with van der Waals surface area (Å²) in [7, 11) is 0. The lowest BCUT2D eigenvalue weighted by Crippen LogP contribution is -2.38. The lowest BCUT2D eigenvalue weighted by atomic mass is 10.1. The smallest absolute Gasteiger partial charge is 0.170 e. The van der Waals surface area contributed by atoms with E-state index in [1.54, 1.807) is 11.1 Å². The largest absolute Gasteiger partial charge is 0.356 e. The van der Waals surface area contributed by atoms with Crippen molar-refractivity contribution in [3.05, 3.63) is 12.8 Å². The predicted octanol–water partition coefficient (Wildman–Crippen LogP) is 1.36. The van der Waals surface area contributed by atoms with Crippen molar-refractivity contribution in [3.63, 3.8) is 0 Å². The van der Waals surface area contributed by atoms with Crippen LogP contribution in [-0.4, -0.2) is 22.7 Å². The first kappa shape index (κ1) is 7.61. The molecule has 0 aliphatic carbocycles. The number of carbonyl (C=O) groups is 1. The average molecular weight is 160 g/mol. The van der Waals surface area contributed by atoms with Crippen LogP contribution < -0.4 is 0 Å². The molecule has 1 saturated heterocycles. The molecule has 56 valence electrons. The third kappa shape index (κ3) is 1.32. The minimum Gasteiger partial charge on any atom is -0.356 e. The van der Waals surface area contributed by atoms with E-state index in [2.05, 4.69) is 6.58 Å². The molecule has 1 aliphatic rings. The van der Waals surface area contributed by atoms with E-state index in [0.29, 0.717) is 6.42 Å². The zero-order valence-electron chi connectivity index (χ0n) is 5.72. The molecule has 0 spiro atoms. The summed E-state index contributed by atoms with van der Waals surface area (Å²) in [4.78, 5) is 12.7. The van der Waals surface area contributed by atoms with Crippen LogP contribution in [0.5, 0.6) is 0 Å². The normalized spacial score (nSPS) is 26.7. The summed E-state index contributed by atoms with van der Waals surface area (Å²) in [6, 6.07) is 0. The number of hydrogen-bond donors (Lipinski definition) is 0. The zero-order valence-corrected chi connectivity index (χ0v) is 6.47. The minimum absolute atomic E-state index is 0.104. The molecule has 1 heterocycles. The molecule has 0 amide bonds. The molecule has 0 bridgehead atoms. The summed E-state index contributed by atoms with van der Waals surface area (Å²) < 4.78 is 0. The van der Waals surface area contributed by atoms with E-state index >= 15 is 0 Å². The number of halogens is 1. The molecule has 10 heavy (non-hydrogen) atoms. The maximum Gasteiger partial charge on any atom is 0.170 e. The summed E-state index contributed by atoms with van der Waals surface area (Å²) in [6.45, 7) is 4.41. The van der Waals surface area contributed by atoms with Gasteiger partial charge >= 0.3 is 0 Å². The van der Waals surface area contributed by atoms with Gasteiger partial charge in [0.15, 0.2) is 11.3 Å². The highest BCUT2D eigenvalue weighted by molar-refractivity contribution is 6.30. The molecule has 3 heteroatoms. The van der Waals surface area contributed by atoms with Crippen molar-refractivity contribution in [2.24, 2.45) is 0 Å². The van der Waals surface area contributed by atoms with Crippen LogP contribution in [0, 0.1) is 0 Å². The summed E-state index contributed by atoms with van der Waals surface area (Å²) in [6.07, 6.45) is 3.13. The van der Waals surface area contributed by atoms with Gasteiger partial charge in [-0.2, -0.15) is 0 Å². The molecule has 1 rings (SSSR count). The SMILES string of the molecule is C=CN1CCCC(=O)C1Cl. The fraction of sp³-hybridized carbons (Fsp3) is 0.571. The Labute approximate surface area is 65.5 Å². The summed E-state index contributed by atoms with van der Waals surface area (Å²) in [5.74, 6) is 0.104. The molecule has 0 aromatic heterocycles. The third-order valence-corrected chi connectivity index (χ3v) is 2.12. The van der Waals surface area contributed by atoms with Gasteiger partial charge in [0.1, 0.15) is 0 Å². The Morgan fingerprint density at radius 1 is 1.80 bits per heavy atom. The van der Waals surface area contributed by atoms with E-state index in [4.69, 9.17) is 11.6 Å². The fourth-order valence-electron chi connectivity index (χ4n) is 1.04. The molecule has 0 aromatic carbocycles. The molecule has 2 nitrogen and oxygen atoms in total. The second-order valence-corrected chi connectivity index (χ2v) is 2.74. The first-order valence-corrected chi connectivity index (χ1v) is 3.74. The Morgan fingerprint density at radius 2 is 2.50 bits per heavy atom. The van der Waals surface area contributed by atoms with Crippen molar-refractivity contribution in [3.8, 4) is 0 Å². The Hall–Kier alpha value is -0.500. The highest BCUT2D eigenvalue weighted by Crippen LogP contribution is 2.16. The third-order valence-electron chi connectivity index (χ3n) is 1.63. The lowest BCUT2D eigenvalue weighted by Gasteiger charge is -2.28. The Bertz CT molecular complexity index is 158. The van der Waals surface area contributed by atoms with E-state index in [1.165, 1.54) is 0 Å². The van der Waals surface area contributed by atoms with Crippen molar-refractivity contribution >= 4 is 17.4 Å². The number of carbonyl (C=O) groups excluding carboxylic acids is 1. The maximum atomic E-state index is 10.9. The summed E-state index contributed by atoms with van der Waals surface area (Å²) in [5.41, 5.74) is -0.466. The van der Waals surface area contributed by atoms with Gasteiger partial charge in [0.25, 0.3) is 0 Å². The molecule has 1 aliphatic heterocycles. The van der Waals surface area contributed by atoms with Crippen LogP contribution in [0.25, 0.3) is 0 Å². The van der Waals surface area contributed by atoms with Crippen LogP contribution in [0.3, 0.4) is 0 Å². The number of Topliss-reactive ketones (excluding diaryl/α,β-unsaturated/α-hetero) is 1. The molecule has 1 unspecified atom stereocenters. The molecule has 0 N–H and O–H groups in total. The first-order valence-electron chi connectivity index (χ1n) is 3.31. The van der Waals surface area contributed by atoms with Crippen LogP contribution in [-0.2, 0) is 4.79 Å². The van der Waals surface area contributed by atoms with Gasteiger partial charge < -0.3 is 4.90 Å². The summed E-state index contributed by atoms with van der Waals surface area (Å²) >= 11 is 5.74. The number of piperidine rings is 1. The molecular weight excluding hydrogens is 150 g/mol. The number of likely N-dealkylation sites (tertiary alicyclic amines) is 1. The zero-order chi connectivity index (χ0) is 7.56. The van der Waals surface area contributed by atoms with Gasteiger partial charge in [0.05, 0.1) is 0 Å². The number of nitrogens with zero attached hydrogens (tertiary/aromatic N) is 1. The topological polar surface area (TPSA) is 20.3 Å². The van der Waals surface area contributed by atoms with Crippen LogP contribution in [0.4, 0.5) is 0 Å². The van der Waals surface area contributed by atoms with Gasteiger partial charge in [-0.25, -0.2) is 0 Å². The van der Waals surface area contributed by atoms with Gasteiger partial charge in [0, 0.05) is 13.0 Å². The second-order valence-electron chi connectivity index (χ2n) is 2.33. The quantitative estimate of drug-likeness (QED) is 0.426. The van der Waals surface area contributed by atoms with Gasteiger partial charge in [-0.15, -0.1) is 0 Å². The molecule has 0 radical (unpaired) electrons. The molecule has 0 saturated carbocycles. The maximum absolute atomic E-state index is 10.9. The van der Waals surface area contributed by atoms with Crippen LogP contribution in [0.1, 0.15) is 12.8 Å². The molecule has 1 fully saturated rings. The van der Waals surface area contributed by atoms with Crippen molar-refractivity contribution in [1.82, 2.24) is 4.90 Å². The Kier molecular flexibility index (Phi) is 2.33. The molecular formula is C7H10ClNO. The lowest BCUT2D eigenvalue weighted by molar-refractivity contribution is -0.122. The number of alkyl halides is 1. The molecule has 1 atom stereocenters. The molecule has 0 aromatic rings. The van der Waals surface area contributed by atoms with Crippen molar-refractivity contribution < 1.29 is 4.79 Å². The van der Waals surface area contributed by atoms with Gasteiger partial charge in [-0.3, -0.25) is 4.79 Å². The van der Waals surface area contributed by atoms with Crippen LogP contribution >= 0.6 is 11.6 Å². The van der Waals surface area contributed by atoms with Gasteiger partial charge in [-0.1, -0.05) is 18.2 Å². The van der Waals surface area contributed by atoms with Crippen LogP contribution in [0.15, 0.2) is 12.8 Å². The van der Waals surface area contributed by atoms with E-state index in [0.717, 1.165) is 13.0 Å². The second kappa shape index (κ2) is 3.06. The number of hydrogen-bond acceptors (Lipinski definition) is 2. The van der Waals surface area contributed by atoms with E-state index in [-0.39, 0.29) is 5.78 Å². The standard InChI is InChI=1S/C7H10ClNO/c1-2-9-5-3-4-6(10)7(9)8/h2,7H,1,3-5H2. The van der Waals surface area contributed by atoms with Gasteiger partial charge in [-0.05, 0) is 12.6 Å². The van der Waals surface area contributed by atoms with Crippen LogP contribution in [0.2, 0.25) is 0 Å². The van der Waals surface area contributed by atoms with Crippen molar-refractivity contribution in [2.45, 2.75) is 18.3 Å². The number of ketones is 1. The predicted molar refractivity (Wildman–Crippen MR) is 40.8 cm³/mol. The van der Waals surface area contributed by atoms with Crippen molar-refractivity contribution in [1.29, 1.82) is 0 Å². The van der Waals surface area contributed by atoms with E-state index in [1.807, 2.05) is 0 Å². The van der Waals surface area contributed by atoms with E-state index in [9.17, 15) is 4.79 Å². The van der Waals surface area contributed by atoms with Gasteiger partial charge in [0.2, 0.25) is 0 Å². The average Bonchev–Trinajstić information content (AvgIpc) is 1.95. The monoisotopic (exact) mass is 159 g/mol. The Morgan fingerprint density at radius 3 is 3.00 bits per heavy atom.